The average Bonchev–Trinajstić information content (AvgIpc) is 2.38. The lowest BCUT2D eigenvalue weighted by atomic mass is 10.3. The highest BCUT2D eigenvalue weighted by Crippen LogP contribution is 2.19. The lowest BCUT2D eigenvalue weighted by Gasteiger charge is -2.13. The van der Waals surface area contributed by atoms with Crippen molar-refractivity contribution in [2.45, 2.75) is 26.4 Å². The van der Waals surface area contributed by atoms with Crippen LogP contribution in [0.1, 0.15) is 20.3 Å². The van der Waals surface area contributed by atoms with E-state index in [0.717, 1.165) is 6.42 Å². The van der Waals surface area contributed by atoms with Crippen LogP contribution in [-0.4, -0.2) is 23.9 Å². The molecule has 0 aliphatic rings. The number of hydrogen-bond donors (Lipinski definition) is 2. The highest BCUT2D eigenvalue weighted by molar-refractivity contribution is 6.28. The maximum absolute atomic E-state index is 11.4. The molecule has 0 saturated heterocycles. The molecule has 0 aliphatic carbocycles. The van der Waals surface area contributed by atoms with Gasteiger partial charge in [-0.05, 0) is 25.5 Å². The molecule has 0 bridgehead atoms. The molecule has 1 aromatic rings. The van der Waals surface area contributed by atoms with Gasteiger partial charge in [-0.1, -0.05) is 13.0 Å². The van der Waals surface area contributed by atoms with Crippen LogP contribution in [0, 0.1) is 0 Å². The number of urea groups is 1. The highest BCUT2D eigenvalue weighted by atomic mass is 35.5. The lowest BCUT2D eigenvalue weighted by molar-refractivity contribution is -0.117. The van der Waals surface area contributed by atoms with Crippen molar-refractivity contribution in [1.29, 1.82) is 0 Å². The minimum Gasteiger partial charge on any atom is -0.491 e. The van der Waals surface area contributed by atoms with Crippen molar-refractivity contribution in [2.75, 3.05) is 11.2 Å². The standard InChI is InChI=1S/C13H17ClN2O3/c1-3-9(2)19-11-6-4-5-10(7-11)15-13(18)16-12(17)8-14/h4-7,9H,3,8H2,1-2H3,(H2,15,16,17,18). The van der Waals surface area contributed by atoms with E-state index in [4.69, 9.17) is 16.3 Å². The number of ether oxygens (including phenoxy) is 1. The van der Waals surface area contributed by atoms with E-state index in [1.165, 1.54) is 0 Å². The van der Waals surface area contributed by atoms with Crippen LogP contribution in [0.4, 0.5) is 10.5 Å². The molecule has 6 heteroatoms. The minimum absolute atomic E-state index is 0.0990. The number of alkyl halides is 1. The number of imide groups is 1. The maximum Gasteiger partial charge on any atom is 0.325 e. The summed E-state index contributed by atoms with van der Waals surface area (Å²) in [7, 11) is 0. The number of halogens is 1. The van der Waals surface area contributed by atoms with Crippen LogP contribution in [0.25, 0.3) is 0 Å². The molecular weight excluding hydrogens is 268 g/mol. The summed E-state index contributed by atoms with van der Waals surface area (Å²) in [5, 5.41) is 4.62. The fraction of sp³-hybridized carbons (Fsp3) is 0.385. The van der Waals surface area contributed by atoms with Crippen LogP contribution in [-0.2, 0) is 4.79 Å². The van der Waals surface area contributed by atoms with Crippen LogP contribution in [0.15, 0.2) is 24.3 Å². The van der Waals surface area contributed by atoms with Crippen LogP contribution < -0.4 is 15.4 Å². The van der Waals surface area contributed by atoms with Gasteiger partial charge in [0.05, 0.1) is 6.10 Å². The first-order valence-electron chi connectivity index (χ1n) is 5.98. The molecule has 1 aromatic carbocycles. The van der Waals surface area contributed by atoms with E-state index in [-0.39, 0.29) is 12.0 Å². The van der Waals surface area contributed by atoms with Gasteiger partial charge in [0.25, 0.3) is 0 Å². The predicted molar refractivity (Wildman–Crippen MR) is 74.7 cm³/mol. The topological polar surface area (TPSA) is 67.4 Å². The minimum atomic E-state index is -0.619. The number of benzene rings is 1. The normalized spacial score (nSPS) is 11.5. The van der Waals surface area contributed by atoms with Crippen molar-refractivity contribution < 1.29 is 14.3 Å². The smallest absolute Gasteiger partial charge is 0.325 e. The van der Waals surface area contributed by atoms with Crippen LogP contribution in [0.5, 0.6) is 5.75 Å². The molecule has 0 heterocycles. The third kappa shape index (κ3) is 5.61. The average molecular weight is 285 g/mol. The Morgan fingerprint density at radius 2 is 2.16 bits per heavy atom. The third-order valence-corrected chi connectivity index (χ3v) is 2.62. The zero-order valence-corrected chi connectivity index (χ0v) is 11.7. The molecule has 2 N–H and O–H groups in total. The van der Waals surface area contributed by atoms with Crippen molar-refractivity contribution in [2.24, 2.45) is 0 Å². The Morgan fingerprint density at radius 1 is 1.42 bits per heavy atom. The van der Waals surface area contributed by atoms with Gasteiger partial charge in [-0.15, -0.1) is 11.6 Å². The number of anilines is 1. The second kappa shape index (κ2) is 7.63. The molecular formula is C13H17ClN2O3. The number of amides is 3. The summed E-state index contributed by atoms with van der Waals surface area (Å²) in [5.74, 6) is -0.146. The SMILES string of the molecule is CCC(C)Oc1cccc(NC(=O)NC(=O)CCl)c1. The summed E-state index contributed by atoms with van der Waals surface area (Å²) in [5.41, 5.74) is 0.542. The van der Waals surface area contributed by atoms with E-state index >= 15 is 0 Å². The molecule has 1 atom stereocenters. The lowest BCUT2D eigenvalue weighted by Crippen LogP contribution is -2.35. The molecule has 0 fully saturated rings. The Kier molecular flexibility index (Phi) is 6.15. The molecule has 0 aromatic heterocycles. The number of carbonyl (C=O) groups is 2. The van der Waals surface area contributed by atoms with Gasteiger partial charge >= 0.3 is 6.03 Å². The van der Waals surface area contributed by atoms with Crippen LogP contribution >= 0.6 is 11.6 Å². The van der Waals surface area contributed by atoms with Crippen molar-refractivity contribution in [3.05, 3.63) is 24.3 Å². The second-order valence-corrected chi connectivity index (χ2v) is 4.27. The Morgan fingerprint density at radius 3 is 2.79 bits per heavy atom. The molecule has 0 saturated carbocycles. The Balaban J connectivity index is 2.61. The predicted octanol–water partition coefficient (Wildman–Crippen LogP) is 2.75. The molecule has 1 rings (SSSR count). The number of hydrogen-bond acceptors (Lipinski definition) is 3. The van der Waals surface area contributed by atoms with Crippen LogP contribution in [0.3, 0.4) is 0 Å². The van der Waals surface area contributed by atoms with Crippen molar-refractivity contribution in [1.82, 2.24) is 5.32 Å². The van der Waals surface area contributed by atoms with Crippen molar-refractivity contribution >= 4 is 29.2 Å². The quantitative estimate of drug-likeness (QED) is 0.817. The molecule has 1 unspecified atom stereocenters. The van der Waals surface area contributed by atoms with Gasteiger partial charge in [-0.2, -0.15) is 0 Å². The van der Waals surface area contributed by atoms with Crippen LogP contribution in [0.2, 0.25) is 0 Å². The zero-order chi connectivity index (χ0) is 14.3. The Labute approximate surface area is 117 Å². The first-order chi connectivity index (χ1) is 9.05. The fourth-order valence-corrected chi connectivity index (χ4v) is 1.35. The van der Waals surface area contributed by atoms with Gasteiger partial charge in [0.1, 0.15) is 11.6 Å². The Hall–Kier alpha value is -1.75. The second-order valence-electron chi connectivity index (χ2n) is 4.00. The third-order valence-electron chi connectivity index (χ3n) is 2.38. The van der Waals surface area contributed by atoms with Gasteiger partial charge in [0.15, 0.2) is 0 Å². The summed E-state index contributed by atoms with van der Waals surface area (Å²) in [6.45, 7) is 3.99. The zero-order valence-electron chi connectivity index (χ0n) is 10.9. The summed E-state index contributed by atoms with van der Waals surface area (Å²) in [6.07, 6.45) is 0.990. The van der Waals surface area contributed by atoms with Gasteiger partial charge in [0, 0.05) is 11.8 Å². The van der Waals surface area contributed by atoms with Gasteiger partial charge in [0.2, 0.25) is 5.91 Å². The molecule has 104 valence electrons. The molecule has 0 aliphatic heterocycles. The van der Waals surface area contributed by atoms with Gasteiger partial charge < -0.3 is 10.1 Å². The number of rotatable bonds is 5. The summed E-state index contributed by atoms with van der Waals surface area (Å²) < 4.78 is 5.63. The molecule has 5 nitrogen and oxygen atoms in total. The maximum atomic E-state index is 11.4. The first kappa shape index (κ1) is 15.3. The van der Waals surface area contributed by atoms with E-state index in [1.54, 1.807) is 24.3 Å². The van der Waals surface area contributed by atoms with E-state index in [9.17, 15) is 9.59 Å². The van der Waals surface area contributed by atoms with Crippen molar-refractivity contribution in [3.8, 4) is 5.75 Å². The number of nitrogens with one attached hydrogen (secondary N) is 2. The number of carbonyl (C=O) groups excluding carboxylic acids is 2. The summed E-state index contributed by atoms with van der Waals surface area (Å²) in [6, 6.07) is 6.34. The monoisotopic (exact) mass is 284 g/mol. The van der Waals surface area contributed by atoms with E-state index in [1.807, 2.05) is 13.8 Å². The molecule has 3 amide bonds. The van der Waals surface area contributed by atoms with E-state index < -0.39 is 11.9 Å². The van der Waals surface area contributed by atoms with Gasteiger partial charge in [-0.3, -0.25) is 10.1 Å². The van der Waals surface area contributed by atoms with Crippen molar-refractivity contribution in [3.63, 3.8) is 0 Å². The van der Waals surface area contributed by atoms with Gasteiger partial charge in [-0.25, -0.2) is 4.79 Å². The summed E-state index contributed by atoms with van der Waals surface area (Å²) >= 11 is 5.29. The molecule has 0 radical (unpaired) electrons. The molecule has 0 spiro atoms. The van der Waals surface area contributed by atoms with E-state index in [0.29, 0.717) is 11.4 Å². The first-order valence-corrected chi connectivity index (χ1v) is 6.52. The molecule has 19 heavy (non-hydrogen) atoms. The Bertz CT molecular complexity index is 451. The van der Waals surface area contributed by atoms with E-state index in [2.05, 4.69) is 10.6 Å². The largest absolute Gasteiger partial charge is 0.491 e. The summed E-state index contributed by atoms with van der Waals surface area (Å²) in [4.78, 5) is 22.4. The fourth-order valence-electron chi connectivity index (χ4n) is 1.29. The highest BCUT2D eigenvalue weighted by Gasteiger charge is 2.07.